The molecule has 0 fully saturated rings. The Labute approximate surface area is 142 Å². The number of methoxy groups -OCH3 is 2. The second-order valence-electron chi connectivity index (χ2n) is 4.83. The van der Waals surface area contributed by atoms with E-state index in [0.717, 1.165) is 0 Å². The summed E-state index contributed by atoms with van der Waals surface area (Å²) in [4.78, 5) is 17.5. The van der Waals surface area contributed by atoms with Crippen molar-refractivity contribution in [3.8, 4) is 22.3 Å². The number of ether oxygens (including phenoxy) is 2. The lowest BCUT2D eigenvalue weighted by Crippen LogP contribution is -2.13. The zero-order chi connectivity index (χ0) is 17.1. The summed E-state index contributed by atoms with van der Waals surface area (Å²) in [6, 6.07) is 6.79. The lowest BCUT2D eigenvalue weighted by molar-refractivity contribution is 0.102. The fourth-order valence-corrected chi connectivity index (χ4v) is 2.91. The van der Waals surface area contributed by atoms with Crippen molar-refractivity contribution in [2.75, 3.05) is 19.5 Å². The highest BCUT2D eigenvalue weighted by atomic mass is 32.1. The molecule has 0 bridgehead atoms. The predicted octanol–water partition coefficient (Wildman–Crippen LogP) is 3.38. The first kappa shape index (κ1) is 16.0. The Morgan fingerprint density at radius 3 is 2.75 bits per heavy atom. The van der Waals surface area contributed by atoms with Crippen molar-refractivity contribution in [1.82, 2.24) is 10.1 Å². The van der Waals surface area contributed by atoms with Crippen LogP contribution in [0.5, 0.6) is 11.5 Å². The highest BCUT2D eigenvalue weighted by Gasteiger charge is 2.18. The third-order valence-electron chi connectivity index (χ3n) is 3.29. The van der Waals surface area contributed by atoms with Crippen molar-refractivity contribution in [3.63, 3.8) is 0 Å². The molecule has 8 heteroatoms. The Balaban J connectivity index is 1.87. The average Bonchev–Trinajstić information content (AvgIpc) is 3.22. The van der Waals surface area contributed by atoms with Crippen LogP contribution < -0.4 is 14.8 Å². The molecule has 1 amide bonds. The summed E-state index contributed by atoms with van der Waals surface area (Å²) >= 11 is 1.41. The molecule has 0 unspecified atom stereocenters. The van der Waals surface area contributed by atoms with Crippen molar-refractivity contribution >= 4 is 22.9 Å². The highest BCUT2D eigenvalue weighted by Crippen LogP contribution is 2.33. The van der Waals surface area contributed by atoms with Crippen molar-refractivity contribution in [1.29, 1.82) is 0 Å². The Kier molecular flexibility index (Phi) is 4.48. The lowest BCUT2D eigenvalue weighted by Gasteiger charge is -2.10. The van der Waals surface area contributed by atoms with Gasteiger partial charge in [-0.15, -0.1) is 11.3 Å². The van der Waals surface area contributed by atoms with Crippen LogP contribution in [0.25, 0.3) is 10.8 Å². The second-order valence-corrected chi connectivity index (χ2v) is 5.75. The van der Waals surface area contributed by atoms with Gasteiger partial charge in [0.25, 0.3) is 11.8 Å². The fraction of sp³-hybridized carbons (Fsp3) is 0.188. The number of benzene rings is 1. The monoisotopic (exact) mass is 345 g/mol. The SMILES string of the molecule is COc1ccc(C(=O)Nc2ccsc2-c2nc(C)no2)c(OC)c1. The summed E-state index contributed by atoms with van der Waals surface area (Å²) in [5.41, 5.74) is 1.00. The molecule has 0 radical (unpaired) electrons. The average molecular weight is 345 g/mol. The number of amides is 1. The number of thiophene rings is 1. The standard InChI is InChI=1S/C16H15N3O4S/c1-9-17-16(23-19-9)14-12(6-7-24-14)18-15(20)11-5-4-10(21-2)8-13(11)22-3/h4-8H,1-3H3,(H,18,20). The van der Waals surface area contributed by atoms with E-state index < -0.39 is 0 Å². The van der Waals surface area contributed by atoms with Gasteiger partial charge in [0.2, 0.25) is 0 Å². The topological polar surface area (TPSA) is 86.5 Å². The highest BCUT2D eigenvalue weighted by molar-refractivity contribution is 7.14. The maximum Gasteiger partial charge on any atom is 0.270 e. The predicted molar refractivity (Wildman–Crippen MR) is 89.8 cm³/mol. The van der Waals surface area contributed by atoms with Gasteiger partial charge in [0.1, 0.15) is 16.4 Å². The summed E-state index contributed by atoms with van der Waals surface area (Å²) in [5, 5.41) is 8.46. The minimum atomic E-state index is -0.301. The van der Waals surface area contributed by atoms with E-state index in [1.165, 1.54) is 18.4 Å². The van der Waals surface area contributed by atoms with Gasteiger partial charge in [-0.25, -0.2) is 0 Å². The number of nitrogens with zero attached hydrogens (tertiary/aromatic N) is 2. The minimum absolute atomic E-state index is 0.301. The second kappa shape index (κ2) is 6.71. The van der Waals surface area contributed by atoms with Crippen molar-refractivity contribution in [2.24, 2.45) is 0 Å². The van der Waals surface area contributed by atoms with Crippen LogP contribution in [0.2, 0.25) is 0 Å². The van der Waals surface area contributed by atoms with Gasteiger partial charge in [0.05, 0.1) is 25.5 Å². The van der Waals surface area contributed by atoms with E-state index in [4.69, 9.17) is 14.0 Å². The molecule has 24 heavy (non-hydrogen) atoms. The molecule has 3 aromatic rings. The molecule has 7 nitrogen and oxygen atoms in total. The van der Waals surface area contributed by atoms with E-state index >= 15 is 0 Å². The number of anilines is 1. The van der Waals surface area contributed by atoms with E-state index in [2.05, 4.69) is 15.5 Å². The Bertz CT molecular complexity index is 872. The van der Waals surface area contributed by atoms with E-state index in [9.17, 15) is 4.79 Å². The Morgan fingerprint density at radius 2 is 2.08 bits per heavy atom. The van der Waals surface area contributed by atoms with Gasteiger partial charge in [0, 0.05) is 6.07 Å². The van der Waals surface area contributed by atoms with Gasteiger partial charge in [0.15, 0.2) is 5.82 Å². The van der Waals surface area contributed by atoms with Crippen LogP contribution >= 0.6 is 11.3 Å². The quantitative estimate of drug-likeness (QED) is 0.763. The van der Waals surface area contributed by atoms with E-state index in [-0.39, 0.29) is 5.91 Å². The number of rotatable bonds is 5. The third-order valence-corrected chi connectivity index (χ3v) is 4.19. The minimum Gasteiger partial charge on any atom is -0.497 e. The molecule has 0 saturated carbocycles. The number of hydrogen-bond acceptors (Lipinski definition) is 7. The number of hydrogen-bond donors (Lipinski definition) is 1. The molecule has 124 valence electrons. The van der Waals surface area contributed by atoms with E-state index in [1.54, 1.807) is 38.3 Å². The van der Waals surface area contributed by atoms with Crippen LogP contribution in [-0.2, 0) is 0 Å². The van der Waals surface area contributed by atoms with Gasteiger partial charge in [-0.2, -0.15) is 4.98 Å². The first-order chi connectivity index (χ1) is 11.6. The summed E-state index contributed by atoms with van der Waals surface area (Å²) in [6.07, 6.45) is 0. The summed E-state index contributed by atoms with van der Waals surface area (Å²) in [5.74, 6) is 1.65. The van der Waals surface area contributed by atoms with E-state index in [1.807, 2.05) is 5.38 Å². The lowest BCUT2D eigenvalue weighted by atomic mass is 10.1. The molecular formula is C16H15N3O4S. The fourth-order valence-electron chi connectivity index (χ4n) is 2.14. The summed E-state index contributed by atoms with van der Waals surface area (Å²) in [6.45, 7) is 1.74. The molecule has 2 heterocycles. The molecule has 1 aromatic carbocycles. The number of nitrogens with one attached hydrogen (secondary N) is 1. The first-order valence-electron chi connectivity index (χ1n) is 7.04. The zero-order valence-electron chi connectivity index (χ0n) is 13.3. The van der Waals surface area contributed by atoms with Crippen LogP contribution in [0.3, 0.4) is 0 Å². The van der Waals surface area contributed by atoms with Crippen molar-refractivity contribution in [3.05, 3.63) is 41.0 Å². The molecule has 0 atom stereocenters. The molecule has 1 N–H and O–H groups in total. The van der Waals surface area contributed by atoms with Crippen LogP contribution in [0.1, 0.15) is 16.2 Å². The van der Waals surface area contributed by atoms with Gasteiger partial charge >= 0.3 is 0 Å². The normalized spacial score (nSPS) is 10.5. The molecule has 0 saturated heterocycles. The van der Waals surface area contributed by atoms with Gasteiger partial charge < -0.3 is 19.3 Å². The maximum absolute atomic E-state index is 12.6. The largest absolute Gasteiger partial charge is 0.497 e. The van der Waals surface area contributed by atoms with Crippen LogP contribution in [0, 0.1) is 6.92 Å². The van der Waals surface area contributed by atoms with Gasteiger partial charge in [-0.05, 0) is 30.5 Å². The number of carbonyl (C=O) groups is 1. The smallest absolute Gasteiger partial charge is 0.270 e. The van der Waals surface area contributed by atoms with Crippen LogP contribution in [-0.4, -0.2) is 30.3 Å². The van der Waals surface area contributed by atoms with Crippen LogP contribution in [0.15, 0.2) is 34.2 Å². The van der Waals surface area contributed by atoms with Crippen molar-refractivity contribution < 1.29 is 18.8 Å². The molecule has 0 aliphatic rings. The Hall–Kier alpha value is -2.87. The van der Waals surface area contributed by atoms with Gasteiger partial charge in [-0.1, -0.05) is 5.16 Å². The molecular weight excluding hydrogens is 330 g/mol. The maximum atomic E-state index is 12.6. The molecule has 0 spiro atoms. The summed E-state index contributed by atoms with van der Waals surface area (Å²) in [7, 11) is 3.06. The molecule has 3 rings (SSSR count). The molecule has 0 aliphatic carbocycles. The first-order valence-corrected chi connectivity index (χ1v) is 7.92. The molecule has 2 aromatic heterocycles. The third kappa shape index (κ3) is 3.09. The number of carbonyl (C=O) groups excluding carboxylic acids is 1. The number of aromatic nitrogens is 2. The van der Waals surface area contributed by atoms with E-state index in [0.29, 0.717) is 39.3 Å². The zero-order valence-corrected chi connectivity index (χ0v) is 14.1. The summed E-state index contributed by atoms with van der Waals surface area (Å²) < 4.78 is 15.6. The van der Waals surface area contributed by atoms with Gasteiger partial charge in [-0.3, -0.25) is 4.79 Å². The van der Waals surface area contributed by atoms with Crippen molar-refractivity contribution in [2.45, 2.75) is 6.92 Å². The molecule has 0 aliphatic heterocycles. The Morgan fingerprint density at radius 1 is 1.25 bits per heavy atom. The van der Waals surface area contributed by atoms with Crippen LogP contribution in [0.4, 0.5) is 5.69 Å². The number of aryl methyl sites for hydroxylation is 1.